The number of hydrogen-bond donors (Lipinski definition) is 2. The predicted molar refractivity (Wildman–Crippen MR) is 125 cm³/mol. The number of sulfonamides is 1. The van der Waals surface area contributed by atoms with Crippen LogP contribution in [0.2, 0.25) is 0 Å². The quantitative estimate of drug-likeness (QED) is 0.464. The smallest absolute Gasteiger partial charge is 0.263 e. The molecule has 8 nitrogen and oxygen atoms in total. The molecule has 1 heterocycles. The van der Waals surface area contributed by atoms with Crippen LogP contribution in [0, 0.1) is 0 Å². The fraction of sp³-hybridized carbons (Fsp3) is 0.286. The lowest BCUT2D eigenvalue weighted by molar-refractivity contribution is 0.474. The molecule has 1 aromatic heterocycles. The number of aliphatic imine (C=N–C) groups is 1. The number of aromatic nitrogens is 2. The number of anilines is 2. The Balaban J connectivity index is 1.72. The molecule has 0 unspecified atom stereocenters. The topological polar surface area (TPSA) is 108 Å². The van der Waals surface area contributed by atoms with Crippen molar-refractivity contribution < 1.29 is 13.5 Å². The van der Waals surface area contributed by atoms with Crippen molar-refractivity contribution in [3.8, 4) is 5.75 Å². The lowest BCUT2D eigenvalue weighted by Crippen LogP contribution is -2.21. The summed E-state index contributed by atoms with van der Waals surface area (Å²) >= 11 is 1.21. The average Bonchev–Trinajstić information content (AvgIpc) is 3.21. The number of phenolic OH excluding ortho intramolecular Hbond substituents is 1. The van der Waals surface area contributed by atoms with Gasteiger partial charge in [0.2, 0.25) is 5.13 Å². The van der Waals surface area contributed by atoms with Gasteiger partial charge in [0.05, 0.1) is 10.6 Å². The second kappa shape index (κ2) is 9.88. The Bertz CT molecular complexity index is 1150. The molecule has 0 bridgehead atoms. The second-order valence-electron chi connectivity index (χ2n) is 6.63. The van der Waals surface area contributed by atoms with Gasteiger partial charge in [-0.25, -0.2) is 8.42 Å². The van der Waals surface area contributed by atoms with Crippen LogP contribution in [0.25, 0.3) is 0 Å². The molecule has 0 atom stereocenters. The Hall–Kier alpha value is -2.98. The van der Waals surface area contributed by atoms with E-state index < -0.39 is 10.0 Å². The lowest BCUT2D eigenvalue weighted by Gasteiger charge is -2.21. The van der Waals surface area contributed by atoms with Crippen molar-refractivity contribution in [2.75, 3.05) is 22.7 Å². The van der Waals surface area contributed by atoms with E-state index >= 15 is 0 Å². The first-order valence-corrected chi connectivity index (χ1v) is 12.2. The van der Waals surface area contributed by atoms with Gasteiger partial charge >= 0.3 is 0 Å². The van der Waals surface area contributed by atoms with Gasteiger partial charge in [-0.1, -0.05) is 18.3 Å². The molecule has 0 saturated heterocycles. The average molecular weight is 460 g/mol. The zero-order valence-corrected chi connectivity index (χ0v) is 19.2. The van der Waals surface area contributed by atoms with Crippen LogP contribution in [0.3, 0.4) is 0 Å². The van der Waals surface area contributed by atoms with E-state index in [0.29, 0.717) is 17.7 Å². The third-order valence-electron chi connectivity index (χ3n) is 4.63. The van der Waals surface area contributed by atoms with Crippen molar-refractivity contribution in [2.24, 2.45) is 4.99 Å². The highest BCUT2D eigenvalue weighted by Crippen LogP contribution is 2.25. The van der Waals surface area contributed by atoms with Crippen LogP contribution >= 0.6 is 11.3 Å². The second-order valence-corrected chi connectivity index (χ2v) is 9.37. The first kappa shape index (κ1) is 22.7. The van der Waals surface area contributed by atoms with Crippen molar-refractivity contribution in [1.29, 1.82) is 0 Å². The van der Waals surface area contributed by atoms with Crippen LogP contribution in [0.1, 0.15) is 31.3 Å². The van der Waals surface area contributed by atoms with E-state index in [2.05, 4.69) is 38.7 Å². The summed E-state index contributed by atoms with van der Waals surface area (Å²) < 4.78 is 27.5. The van der Waals surface area contributed by atoms with Gasteiger partial charge < -0.3 is 10.0 Å². The van der Waals surface area contributed by atoms with E-state index in [1.807, 2.05) is 19.1 Å². The third-order valence-corrected chi connectivity index (χ3v) is 7.10. The molecule has 164 valence electrons. The molecule has 0 amide bonds. The van der Waals surface area contributed by atoms with E-state index in [9.17, 15) is 13.5 Å². The van der Waals surface area contributed by atoms with Crippen LogP contribution in [-0.2, 0) is 16.4 Å². The van der Waals surface area contributed by atoms with Crippen LogP contribution in [-0.4, -0.2) is 43.0 Å². The number of phenols is 1. The minimum absolute atomic E-state index is 0.103. The van der Waals surface area contributed by atoms with E-state index in [-0.39, 0.29) is 15.8 Å². The van der Waals surface area contributed by atoms with Gasteiger partial charge in [-0.15, -0.1) is 10.2 Å². The Kier molecular flexibility index (Phi) is 7.24. The fourth-order valence-electron chi connectivity index (χ4n) is 2.89. The highest BCUT2D eigenvalue weighted by molar-refractivity contribution is 7.93. The van der Waals surface area contributed by atoms with Gasteiger partial charge in [-0.05, 0) is 56.7 Å². The van der Waals surface area contributed by atoms with Crippen molar-refractivity contribution in [3.05, 3.63) is 53.0 Å². The molecule has 10 heteroatoms. The van der Waals surface area contributed by atoms with Crippen LogP contribution in [0.4, 0.5) is 16.5 Å². The number of benzene rings is 2. The third kappa shape index (κ3) is 5.59. The largest absolute Gasteiger partial charge is 0.507 e. The molecule has 3 rings (SSSR count). The Morgan fingerprint density at radius 1 is 1.10 bits per heavy atom. The van der Waals surface area contributed by atoms with Crippen LogP contribution in [0.5, 0.6) is 5.75 Å². The minimum atomic E-state index is -3.76. The Morgan fingerprint density at radius 3 is 2.39 bits per heavy atom. The molecule has 0 saturated carbocycles. The van der Waals surface area contributed by atoms with Gasteiger partial charge in [0.1, 0.15) is 10.8 Å². The van der Waals surface area contributed by atoms with E-state index in [1.165, 1.54) is 23.5 Å². The molecule has 0 aliphatic rings. The first-order valence-electron chi connectivity index (χ1n) is 9.93. The number of aromatic hydroxyl groups is 1. The predicted octanol–water partition coefficient (Wildman–Crippen LogP) is 4.20. The van der Waals surface area contributed by atoms with Gasteiger partial charge in [0.15, 0.2) is 0 Å². The molecule has 0 aliphatic heterocycles. The van der Waals surface area contributed by atoms with Gasteiger partial charge in [-0.3, -0.25) is 9.71 Å². The highest BCUT2D eigenvalue weighted by Gasteiger charge is 2.16. The molecule has 2 N–H and O–H groups in total. The van der Waals surface area contributed by atoms with E-state index in [1.54, 1.807) is 24.4 Å². The van der Waals surface area contributed by atoms with Crippen molar-refractivity contribution >= 4 is 44.1 Å². The summed E-state index contributed by atoms with van der Waals surface area (Å²) in [4.78, 5) is 6.58. The minimum Gasteiger partial charge on any atom is -0.507 e. The molecule has 2 aromatic carbocycles. The molecule has 0 fully saturated rings. The molecule has 31 heavy (non-hydrogen) atoms. The molecule has 0 aliphatic carbocycles. The molecular weight excluding hydrogens is 434 g/mol. The summed E-state index contributed by atoms with van der Waals surface area (Å²) in [6.45, 7) is 7.76. The molecule has 3 aromatic rings. The number of hydrogen-bond acceptors (Lipinski definition) is 8. The number of aryl methyl sites for hydroxylation is 1. The van der Waals surface area contributed by atoms with Crippen molar-refractivity contribution in [1.82, 2.24) is 10.2 Å². The molecule has 0 spiro atoms. The van der Waals surface area contributed by atoms with E-state index in [4.69, 9.17) is 0 Å². The van der Waals surface area contributed by atoms with Gasteiger partial charge in [-0.2, -0.15) is 0 Å². The number of rotatable bonds is 9. The summed E-state index contributed by atoms with van der Waals surface area (Å²) in [6, 6.07) is 11.6. The molecular formula is C21H25N5O3S2. The zero-order chi connectivity index (χ0) is 22.4. The van der Waals surface area contributed by atoms with Crippen molar-refractivity contribution in [3.63, 3.8) is 0 Å². The summed E-state index contributed by atoms with van der Waals surface area (Å²) in [5, 5.41) is 19.1. The summed E-state index contributed by atoms with van der Waals surface area (Å²) in [6.07, 6.45) is 2.25. The monoisotopic (exact) mass is 459 g/mol. The Morgan fingerprint density at radius 2 is 1.81 bits per heavy atom. The van der Waals surface area contributed by atoms with Gasteiger partial charge in [0, 0.05) is 36.6 Å². The van der Waals surface area contributed by atoms with E-state index in [0.717, 1.165) is 23.8 Å². The summed E-state index contributed by atoms with van der Waals surface area (Å²) in [5.41, 5.74) is 2.09. The number of nitrogens with one attached hydrogen (secondary N) is 1. The SMILES string of the molecule is CCc1nnc(NS(=O)(=O)c2ccc(N=Cc3ccc(N(CC)CC)cc3O)cc2)s1. The number of nitrogens with zero attached hydrogens (tertiary/aromatic N) is 4. The van der Waals surface area contributed by atoms with Crippen LogP contribution < -0.4 is 9.62 Å². The lowest BCUT2D eigenvalue weighted by atomic mass is 10.2. The molecule has 0 radical (unpaired) electrons. The highest BCUT2D eigenvalue weighted by atomic mass is 32.2. The van der Waals surface area contributed by atoms with Gasteiger partial charge in [0.25, 0.3) is 10.0 Å². The first-order chi connectivity index (χ1) is 14.9. The maximum absolute atomic E-state index is 12.5. The van der Waals surface area contributed by atoms with Crippen molar-refractivity contribution in [2.45, 2.75) is 32.1 Å². The normalized spacial score (nSPS) is 11.7. The maximum atomic E-state index is 12.5. The standard InChI is InChI=1S/C21H25N5O3S2/c1-4-20-23-24-21(30-20)25-31(28,29)18-11-8-16(9-12-18)22-14-15-7-10-17(13-19(15)27)26(5-2)6-3/h7-14,27H,4-6H2,1-3H3,(H,24,25). The Labute approximate surface area is 186 Å². The summed E-state index contributed by atoms with van der Waals surface area (Å²) in [5.74, 6) is 0.139. The fourth-order valence-corrected chi connectivity index (χ4v) is 4.80. The summed E-state index contributed by atoms with van der Waals surface area (Å²) in [7, 11) is -3.76. The maximum Gasteiger partial charge on any atom is 0.263 e. The van der Waals surface area contributed by atoms with Crippen LogP contribution in [0.15, 0.2) is 52.4 Å². The zero-order valence-electron chi connectivity index (χ0n) is 17.6.